The van der Waals surface area contributed by atoms with Crippen LogP contribution in [-0.2, 0) is 4.74 Å². The van der Waals surface area contributed by atoms with Gasteiger partial charge in [0.2, 0.25) is 0 Å². The first-order valence-electron chi connectivity index (χ1n) is 5.15. The molecule has 1 aliphatic rings. The highest BCUT2D eigenvalue weighted by molar-refractivity contribution is 5.23. The number of nitrogen functional groups attached to an aromatic ring is 1. The van der Waals surface area contributed by atoms with E-state index in [1.807, 2.05) is 0 Å². The molecule has 0 spiro atoms. The van der Waals surface area contributed by atoms with Gasteiger partial charge < -0.3 is 10.5 Å². The molecule has 2 N–H and O–H groups in total. The van der Waals surface area contributed by atoms with Crippen LogP contribution in [0.4, 0.5) is 10.2 Å². The molecule has 0 saturated carbocycles. The summed E-state index contributed by atoms with van der Waals surface area (Å²) in [6, 6.07) is 1.45. The first-order valence-corrected chi connectivity index (χ1v) is 5.15. The van der Waals surface area contributed by atoms with Crippen molar-refractivity contribution in [3.05, 3.63) is 22.7 Å². The summed E-state index contributed by atoms with van der Waals surface area (Å²) >= 11 is 0. The fourth-order valence-electron chi connectivity index (χ4n) is 1.78. The molecule has 0 radical (unpaired) electrons. The minimum absolute atomic E-state index is 0.121. The monoisotopic (exact) mass is 227 g/mol. The molecule has 1 aliphatic heterocycles. The Bertz CT molecular complexity index is 448. The first kappa shape index (κ1) is 11.1. The van der Waals surface area contributed by atoms with E-state index < -0.39 is 18.1 Å². The second kappa shape index (κ2) is 3.86. The molecule has 1 aromatic rings. The van der Waals surface area contributed by atoms with E-state index in [2.05, 4.69) is 4.98 Å². The number of nitrogens with two attached hydrogens (primary N) is 1. The Kier molecular flexibility index (Phi) is 2.67. The van der Waals surface area contributed by atoms with E-state index in [1.165, 1.54) is 12.3 Å². The summed E-state index contributed by atoms with van der Waals surface area (Å²) < 4.78 is 20.4. The Balaban J connectivity index is 2.35. The molecule has 16 heavy (non-hydrogen) atoms. The van der Waals surface area contributed by atoms with Crippen LogP contribution in [0, 0.1) is 5.92 Å². The summed E-state index contributed by atoms with van der Waals surface area (Å²) in [6.45, 7) is 3.54. The maximum absolute atomic E-state index is 13.9. The molecule has 4 atom stereocenters. The molecular weight excluding hydrogens is 213 g/mol. The van der Waals surface area contributed by atoms with Gasteiger partial charge >= 0.3 is 5.69 Å². The Morgan fingerprint density at radius 2 is 2.25 bits per heavy atom. The van der Waals surface area contributed by atoms with Crippen LogP contribution in [0.5, 0.6) is 0 Å². The summed E-state index contributed by atoms with van der Waals surface area (Å²) in [5.41, 5.74) is 4.77. The minimum Gasteiger partial charge on any atom is -0.383 e. The van der Waals surface area contributed by atoms with Crippen LogP contribution in [-0.4, -0.2) is 21.8 Å². The average molecular weight is 227 g/mol. The number of nitrogens with zero attached hydrogens (tertiary/aromatic N) is 2. The number of anilines is 1. The third kappa shape index (κ3) is 1.69. The topological polar surface area (TPSA) is 70.1 Å². The smallest absolute Gasteiger partial charge is 0.351 e. The van der Waals surface area contributed by atoms with E-state index in [0.29, 0.717) is 0 Å². The molecule has 6 heteroatoms. The van der Waals surface area contributed by atoms with Crippen LogP contribution >= 0.6 is 0 Å². The van der Waals surface area contributed by atoms with Crippen molar-refractivity contribution in [3.8, 4) is 0 Å². The summed E-state index contributed by atoms with van der Waals surface area (Å²) in [4.78, 5) is 15.1. The van der Waals surface area contributed by atoms with E-state index in [9.17, 15) is 9.18 Å². The van der Waals surface area contributed by atoms with Gasteiger partial charge in [-0.05, 0) is 13.0 Å². The fourth-order valence-corrected chi connectivity index (χ4v) is 1.78. The van der Waals surface area contributed by atoms with Crippen LogP contribution in [0.3, 0.4) is 0 Å². The fraction of sp³-hybridized carbons (Fsp3) is 0.600. The van der Waals surface area contributed by atoms with Gasteiger partial charge in [-0.25, -0.2) is 9.18 Å². The van der Waals surface area contributed by atoms with Crippen molar-refractivity contribution < 1.29 is 9.13 Å². The highest BCUT2D eigenvalue weighted by atomic mass is 19.1. The second-order valence-electron chi connectivity index (χ2n) is 4.08. The first-order chi connectivity index (χ1) is 7.50. The largest absolute Gasteiger partial charge is 0.383 e. The summed E-state index contributed by atoms with van der Waals surface area (Å²) in [6.07, 6.45) is -0.916. The molecule has 2 heterocycles. The maximum atomic E-state index is 13.9. The Labute approximate surface area is 92.0 Å². The van der Waals surface area contributed by atoms with E-state index in [-0.39, 0.29) is 17.8 Å². The van der Waals surface area contributed by atoms with Crippen LogP contribution in [0.25, 0.3) is 0 Å². The zero-order valence-corrected chi connectivity index (χ0v) is 9.13. The van der Waals surface area contributed by atoms with Crippen LogP contribution < -0.4 is 11.4 Å². The number of ether oxygens (including phenoxy) is 1. The zero-order valence-electron chi connectivity index (χ0n) is 9.13. The maximum Gasteiger partial charge on any atom is 0.351 e. The SMILES string of the molecule is CC1OC(n2ccc(N)nc2=O)C(F)C1C. The number of hydrogen-bond donors (Lipinski definition) is 1. The lowest BCUT2D eigenvalue weighted by Gasteiger charge is -2.15. The van der Waals surface area contributed by atoms with E-state index >= 15 is 0 Å². The molecule has 5 nitrogen and oxygen atoms in total. The molecule has 0 amide bonds. The van der Waals surface area contributed by atoms with Crippen LogP contribution in [0.15, 0.2) is 17.1 Å². The molecule has 1 fully saturated rings. The molecular formula is C10H14FN3O2. The highest BCUT2D eigenvalue weighted by Crippen LogP contribution is 2.34. The molecule has 1 saturated heterocycles. The number of halogens is 1. The van der Waals surface area contributed by atoms with Crippen LogP contribution in [0.2, 0.25) is 0 Å². The lowest BCUT2D eigenvalue weighted by Crippen LogP contribution is -2.31. The van der Waals surface area contributed by atoms with Crippen molar-refractivity contribution in [1.29, 1.82) is 0 Å². The van der Waals surface area contributed by atoms with Crippen LogP contribution in [0.1, 0.15) is 20.1 Å². The second-order valence-corrected chi connectivity index (χ2v) is 4.08. The van der Waals surface area contributed by atoms with Gasteiger partial charge in [0.15, 0.2) is 12.4 Å². The molecule has 2 rings (SSSR count). The lowest BCUT2D eigenvalue weighted by atomic mass is 10.0. The third-order valence-electron chi connectivity index (χ3n) is 2.99. The average Bonchev–Trinajstić information content (AvgIpc) is 2.46. The highest BCUT2D eigenvalue weighted by Gasteiger charge is 2.41. The van der Waals surface area contributed by atoms with Gasteiger partial charge in [0.1, 0.15) is 5.82 Å². The van der Waals surface area contributed by atoms with Crippen molar-refractivity contribution in [2.45, 2.75) is 32.4 Å². The quantitative estimate of drug-likeness (QED) is 0.767. The third-order valence-corrected chi connectivity index (χ3v) is 2.99. The van der Waals surface area contributed by atoms with Gasteiger partial charge in [0.25, 0.3) is 0 Å². The van der Waals surface area contributed by atoms with Gasteiger partial charge in [-0.2, -0.15) is 4.98 Å². The molecule has 1 aromatic heterocycles. The van der Waals surface area contributed by atoms with E-state index in [1.54, 1.807) is 13.8 Å². The predicted octanol–water partition coefficient (Wildman–Crippen LogP) is 0.717. The molecule has 0 aromatic carbocycles. The predicted molar refractivity (Wildman–Crippen MR) is 56.6 cm³/mol. The van der Waals surface area contributed by atoms with Crippen molar-refractivity contribution >= 4 is 5.82 Å². The number of aromatic nitrogens is 2. The van der Waals surface area contributed by atoms with Crippen molar-refractivity contribution in [2.24, 2.45) is 5.92 Å². The minimum atomic E-state index is -1.21. The van der Waals surface area contributed by atoms with Gasteiger partial charge in [0.05, 0.1) is 6.10 Å². The summed E-state index contributed by atoms with van der Waals surface area (Å²) in [5, 5.41) is 0. The summed E-state index contributed by atoms with van der Waals surface area (Å²) in [7, 11) is 0. The summed E-state index contributed by atoms with van der Waals surface area (Å²) in [5.74, 6) is -0.120. The molecule has 88 valence electrons. The molecule has 0 bridgehead atoms. The van der Waals surface area contributed by atoms with Crippen molar-refractivity contribution in [1.82, 2.24) is 9.55 Å². The normalized spacial score (nSPS) is 34.2. The number of hydrogen-bond acceptors (Lipinski definition) is 4. The number of rotatable bonds is 1. The number of alkyl halides is 1. The van der Waals surface area contributed by atoms with Gasteiger partial charge in [-0.1, -0.05) is 6.92 Å². The Morgan fingerprint density at radius 1 is 1.56 bits per heavy atom. The molecule has 4 unspecified atom stereocenters. The zero-order chi connectivity index (χ0) is 11.9. The molecule has 0 aliphatic carbocycles. The van der Waals surface area contributed by atoms with Gasteiger partial charge in [-0.3, -0.25) is 4.57 Å². The lowest BCUT2D eigenvalue weighted by molar-refractivity contribution is -0.0154. The standard InChI is InChI=1S/C10H14FN3O2/c1-5-6(2)16-9(8(5)11)14-4-3-7(12)13-10(14)15/h3-6,8-9H,1-2H3,(H2,12,13,15). The van der Waals surface area contributed by atoms with Gasteiger partial charge in [0, 0.05) is 12.1 Å². The van der Waals surface area contributed by atoms with Gasteiger partial charge in [-0.15, -0.1) is 0 Å². The van der Waals surface area contributed by atoms with Crippen molar-refractivity contribution in [3.63, 3.8) is 0 Å². The van der Waals surface area contributed by atoms with Crippen molar-refractivity contribution in [2.75, 3.05) is 5.73 Å². The Morgan fingerprint density at radius 3 is 2.75 bits per heavy atom. The Hall–Kier alpha value is -1.43. The van der Waals surface area contributed by atoms with E-state index in [0.717, 1.165) is 4.57 Å². The van der Waals surface area contributed by atoms with E-state index in [4.69, 9.17) is 10.5 Å².